The Morgan fingerprint density at radius 3 is 2.33 bits per heavy atom. The second kappa shape index (κ2) is 5.31. The molecule has 0 atom stereocenters. The molecule has 0 bridgehead atoms. The molecule has 1 heterocycles. The lowest BCUT2D eigenvalue weighted by Crippen LogP contribution is -2.60. The van der Waals surface area contributed by atoms with Crippen LogP contribution >= 0.6 is 0 Å². The van der Waals surface area contributed by atoms with Crippen LogP contribution in [0.15, 0.2) is 0 Å². The quantitative estimate of drug-likeness (QED) is 0.793. The van der Waals surface area contributed by atoms with E-state index in [0.717, 1.165) is 0 Å². The van der Waals surface area contributed by atoms with E-state index in [1.165, 1.54) is 4.90 Å². The van der Waals surface area contributed by atoms with Crippen LogP contribution in [0.3, 0.4) is 0 Å². The summed E-state index contributed by atoms with van der Waals surface area (Å²) in [6, 6.07) is -0.292. The number of nitrogens with zero attached hydrogens (tertiary/aromatic N) is 1. The molecular formula is C10H17F3N2O3. The first kappa shape index (κ1) is 15.0. The number of ether oxygens (including phenoxy) is 1. The maximum Gasteiger partial charge on any atom is 0.413 e. The average Bonchev–Trinajstić information content (AvgIpc) is 2.03. The van der Waals surface area contributed by atoms with Crippen LogP contribution in [0.1, 0.15) is 20.8 Å². The first-order chi connectivity index (χ1) is 8.07. The van der Waals surface area contributed by atoms with Crippen LogP contribution in [0.4, 0.5) is 18.0 Å². The maximum absolute atomic E-state index is 11.8. The van der Waals surface area contributed by atoms with Gasteiger partial charge in [-0.15, -0.1) is 0 Å². The van der Waals surface area contributed by atoms with Crippen molar-refractivity contribution in [3.63, 3.8) is 0 Å². The highest BCUT2D eigenvalue weighted by Gasteiger charge is 2.35. The van der Waals surface area contributed by atoms with E-state index in [1.54, 1.807) is 20.8 Å². The number of carbonyl (C=O) groups is 1. The van der Waals surface area contributed by atoms with Gasteiger partial charge in [-0.2, -0.15) is 18.7 Å². The number of amides is 1. The molecule has 0 aromatic rings. The molecule has 1 rings (SSSR count). The third kappa shape index (κ3) is 5.54. The topological polar surface area (TPSA) is 50.8 Å². The summed E-state index contributed by atoms with van der Waals surface area (Å²) in [4.78, 5) is 17.1. The summed E-state index contributed by atoms with van der Waals surface area (Å²) in [7, 11) is 0. The summed E-state index contributed by atoms with van der Waals surface area (Å²) in [6.45, 7) is 4.42. The van der Waals surface area contributed by atoms with Crippen molar-refractivity contribution in [3.05, 3.63) is 0 Å². The van der Waals surface area contributed by atoms with Gasteiger partial charge in [0.2, 0.25) is 0 Å². The van der Waals surface area contributed by atoms with Gasteiger partial charge in [0.25, 0.3) is 0 Å². The van der Waals surface area contributed by atoms with E-state index in [9.17, 15) is 18.0 Å². The standard InChI is InChI=1S/C10H17F3N2O3/c1-9(2,3)18-8(16)15-4-7(5-15)14-17-6-10(11,12)13/h7,14H,4-6H2,1-3H3. The van der Waals surface area contributed by atoms with Crippen molar-refractivity contribution < 1.29 is 27.5 Å². The van der Waals surface area contributed by atoms with Gasteiger partial charge in [0.1, 0.15) is 5.60 Å². The number of rotatable bonds is 3. The van der Waals surface area contributed by atoms with E-state index >= 15 is 0 Å². The number of hydrogen-bond acceptors (Lipinski definition) is 4. The first-order valence-electron chi connectivity index (χ1n) is 5.49. The third-order valence-corrected chi connectivity index (χ3v) is 2.02. The molecule has 106 valence electrons. The minimum Gasteiger partial charge on any atom is -0.444 e. The lowest BCUT2D eigenvalue weighted by Gasteiger charge is -2.39. The van der Waals surface area contributed by atoms with Crippen molar-refractivity contribution in [2.45, 2.75) is 38.6 Å². The Morgan fingerprint density at radius 2 is 1.89 bits per heavy atom. The van der Waals surface area contributed by atoms with Crippen LogP contribution in [-0.2, 0) is 9.57 Å². The number of hydroxylamine groups is 1. The molecule has 0 unspecified atom stereocenters. The SMILES string of the molecule is CC(C)(C)OC(=O)N1CC(NOCC(F)(F)F)C1. The molecule has 8 heteroatoms. The monoisotopic (exact) mass is 270 g/mol. The Bertz CT molecular complexity index is 296. The second-order valence-electron chi connectivity index (χ2n) is 5.10. The molecule has 1 aliphatic heterocycles. The van der Waals surface area contributed by atoms with Gasteiger partial charge in [-0.25, -0.2) is 4.79 Å². The second-order valence-corrected chi connectivity index (χ2v) is 5.10. The molecule has 0 radical (unpaired) electrons. The number of halogens is 3. The number of carbonyl (C=O) groups excluding carboxylic acids is 1. The zero-order valence-corrected chi connectivity index (χ0v) is 10.5. The molecule has 1 N–H and O–H groups in total. The van der Waals surface area contributed by atoms with Crippen LogP contribution in [-0.4, -0.2) is 48.5 Å². The minimum atomic E-state index is -4.36. The Balaban J connectivity index is 2.15. The predicted molar refractivity (Wildman–Crippen MR) is 56.7 cm³/mol. The van der Waals surface area contributed by atoms with Gasteiger partial charge in [0.05, 0.1) is 6.04 Å². The van der Waals surface area contributed by atoms with Gasteiger partial charge in [0, 0.05) is 13.1 Å². The molecule has 1 amide bonds. The smallest absolute Gasteiger partial charge is 0.413 e. The number of hydrogen-bond donors (Lipinski definition) is 1. The Hall–Kier alpha value is -1.02. The van der Waals surface area contributed by atoms with Crippen molar-refractivity contribution in [3.8, 4) is 0 Å². The van der Waals surface area contributed by atoms with E-state index in [4.69, 9.17) is 4.74 Å². The Labute approximate surface area is 103 Å². The normalized spacial score (nSPS) is 17.6. The fourth-order valence-electron chi connectivity index (χ4n) is 1.27. The van der Waals surface area contributed by atoms with Crippen molar-refractivity contribution in [1.29, 1.82) is 0 Å². The minimum absolute atomic E-state index is 0.271. The molecule has 0 aromatic carbocycles. The van der Waals surface area contributed by atoms with Crippen molar-refractivity contribution in [1.82, 2.24) is 10.4 Å². The first-order valence-corrected chi connectivity index (χ1v) is 5.49. The lowest BCUT2D eigenvalue weighted by molar-refractivity contribution is -0.196. The van der Waals surface area contributed by atoms with Crippen molar-refractivity contribution in [2.24, 2.45) is 0 Å². The summed E-state index contributed by atoms with van der Waals surface area (Å²) < 4.78 is 40.4. The number of nitrogens with one attached hydrogen (secondary N) is 1. The fourth-order valence-corrected chi connectivity index (χ4v) is 1.27. The zero-order chi connectivity index (χ0) is 14.0. The largest absolute Gasteiger partial charge is 0.444 e. The lowest BCUT2D eigenvalue weighted by atomic mass is 10.1. The summed E-state index contributed by atoms with van der Waals surface area (Å²) in [5, 5.41) is 0. The van der Waals surface area contributed by atoms with Gasteiger partial charge in [-0.3, -0.25) is 4.84 Å². The molecular weight excluding hydrogens is 253 g/mol. The zero-order valence-electron chi connectivity index (χ0n) is 10.5. The van der Waals surface area contributed by atoms with E-state index in [1.807, 2.05) is 0 Å². The summed E-state index contributed by atoms with van der Waals surface area (Å²) in [5.74, 6) is 0. The Kier molecular flexibility index (Phi) is 4.44. The van der Waals surface area contributed by atoms with Crippen LogP contribution in [0, 0.1) is 0 Å². The van der Waals surface area contributed by atoms with Gasteiger partial charge < -0.3 is 9.64 Å². The van der Waals surface area contributed by atoms with Gasteiger partial charge >= 0.3 is 12.3 Å². The van der Waals surface area contributed by atoms with Crippen molar-refractivity contribution >= 4 is 6.09 Å². The molecule has 0 aliphatic carbocycles. The average molecular weight is 270 g/mol. The molecule has 0 aromatic heterocycles. The van der Waals surface area contributed by atoms with Crippen LogP contribution in [0.2, 0.25) is 0 Å². The van der Waals surface area contributed by atoms with Gasteiger partial charge in [-0.05, 0) is 20.8 Å². The molecule has 0 saturated carbocycles. The third-order valence-electron chi connectivity index (χ3n) is 2.02. The van der Waals surface area contributed by atoms with E-state index in [2.05, 4.69) is 10.3 Å². The molecule has 1 aliphatic rings. The molecule has 1 saturated heterocycles. The van der Waals surface area contributed by atoms with E-state index < -0.39 is 24.5 Å². The van der Waals surface area contributed by atoms with Crippen LogP contribution < -0.4 is 5.48 Å². The highest BCUT2D eigenvalue weighted by molar-refractivity contribution is 5.69. The summed E-state index contributed by atoms with van der Waals surface area (Å²) >= 11 is 0. The predicted octanol–water partition coefficient (Wildman–Crippen LogP) is 1.69. The number of likely N-dealkylation sites (tertiary alicyclic amines) is 1. The molecule has 18 heavy (non-hydrogen) atoms. The molecule has 5 nitrogen and oxygen atoms in total. The fraction of sp³-hybridized carbons (Fsp3) is 0.900. The highest BCUT2D eigenvalue weighted by Crippen LogP contribution is 2.16. The van der Waals surface area contributed by atoms with Crippen LogP contribution in [0.25, 0.3) is 0 Å². The van der Waals surface area contributed by atoms with E-state index in [0.29, 0.717) is 0 Å². The van der Waals surface area contributed by atoms with Gasteiger partial charge in [-0.1, -0.05) is 0 Å². The number of alkyl halides is 3. The summed E-state index contributed by atoms with van der Waals surface area (Å²) in [5.41, 5.74) is 1.67. The van der Waals surface area contributed by atoms with Crippen LogP contribution in [0.5, 0.6) is 0 Å². The molecule has 1 fully saturated rings. The Morgan fingerprint density at radius 1 is 1.33 bits per heavy atom. The maximum atomic E-state index is 11.8. The van der Waals surface area contributed by atoms with Gasteiger partial charge in [0.15, 0.2) is 6.61 Å². The van der Waals surface area contributed by atoms with Crippen molar-refractivity contribution in [2.75, 3.05) is 19.7 Å². The summed E-state index contributed by atoms with van der Waals surface area (Å²) in [6.07, 6.45) is -4.84. The molecule has 0 spiro atoms. The van der Waals surface area contributed by atoms with E-state index in [-0.39, 0.29) is 19.1 Å². The highest BCUT2D eigenvalue weighted by atomic mass is 19.4.